The van der Waals surface area contributed by atoms with E-state index < -0.39 is 5.60 Å². The molecule has 20 heavy (non-hydrogen) atoms. The third-order valence-electron chi connectivity index (χ3n) is 3.42. The minimum absolute atomic E-state index is 0.0341. The normalized spacial score (nSPS) is 21.9. The van der Waals surface area contributed by atoms with E-state index in [-0.39, 0.29) is 18.6 Å². The molecule has 0 aromatic heterocycles. The van der Waals surface area contributed by atoms with Gasteiger partial charge >= 0.3 is 0 Å². The van der Waals surface area contributed by atoms with Gasteiger partial charge in [0.2, 0.25) is 0 Å². The van der Waals surface area contributed by atoms with Crippen LogP contribution in [0.5, 0.6) is 0 Å². The maximum absolute atomic E-state index is 12.7. The van der Waals surface area contributed by atoms with Crippen molar-refractivity contribution in [1.29, 1.82) is 0 Å². The summed E-state index contributed by atoms with van der Waals surface area (Å²) in [5.74, 6) is -0.0341. The number of rotatable bonds is 2. The van der Waals surface area contributed by atoms with Gasteiger partial charge in [-0.25, -0.2) is 0 Å². The third kappa shape index (κ3) is 3.34. The number of carbonyl (C=O) groups is 1. The average molecular weight is 295 g/mol. The molecule has 0 bridgehead atoms. The summed E-state index contributed by atoms with van der Waals surface area (Å²) in [6, 6.07) is 5.55. The van der Waals surface area contributed by atoms with E-state index in [2.05, 4.69) is 12.6 Å². The highest BCUT2D eigenvalue weighted by atomic mass is 32.1. The number of hydrogen-bond donors (Lipinski definition) is 2. The summed E-state index contributed by atoms with van der Waals surface area (Å²) in [7, 11) is 0. The molecular formula is C15H21NO3S. The molecule has 0 spiro atoms. The van der Waals surface area contributed by atoms with Crippen LogP contribution in [0.15, 0.2) is 23.1 Å². The summed E-state index contributed by atoms with van der Waals surface area (Å²) in [4.78, 5) is 15.2. The van der Waals surface area contributed by atoms with Crippen LogP contribution >= 0.6 is 12.6 Å². The predicted octanol–water partition coefficient (Wildman–Crippen LogP) is 1.90. The van der Waals surface area contributed by atoms with E-state index in [0.717, 1.165) is 10.5 Å². The van der Waals surface area contributed by atoms with Gasteiger partial charge in [0.1, 0.15) is 0 Å². The molecule has 1 amide bonds. The number of aliphatic hydroxyl groups is 1. The van der Waals surface area contributed by atoms with E-state index >= 15 is 0 Å². The Balaban J connectivity index is 2.25. The second-order valence-electron chi connectivity index (χ2n) is 5.87. The molecule has 5 heteroatoms. The number of amides is 1. The summed E-state index contributed by atoms with van der Waals surface area (Å²) in [6.07, 6.45) is -0.331. The third-order valence-corrected chi connectivity index (χ3v) is 3.70. The first-order chi connectivity index (χ1) is 9.32. The van der Waals surface area contributed by atoms with Crippen LogP contribution in [0.25, 0.3) is 0 Å². The number of aliphatic hydroxyl groups excluding tert-OH is 1. The molecule has 1 atom stereocenters. The Morgan fingerprint density at radius 3 is 2.90 bits per heavy atom. The highest BCUT2D eigenvalue weighted by Crippen LogP contribution is 2.24. The van der Waals surface area contributed by atoms with Gasteiger partial charge in [-0.1, -0.05) is 6.07 Å². The van der Waals surface area contributed by atoms with E-state index in [1.807, 2.05) is 32.9 Å². The number of nitrogens with zero attached hydrogens (tertiary/aromatic N) is 1. The van der Waals surface area contributed by atoms with Gasteiger partial charge in [0.05, 0.1) is 18.3 Å². The zero-order chi connectivity index (χ0) is 14.9. The SMILES string of the molecule is Cc1ccc(S)cc1C(=O)N1CC(CO)OC(C)(C)C1. The second-order valence-corrected chi connectivity index (χ2v) is 6.38. The molecule has 1 N–H and O–H groups in total. The largest absolute Gasteiger partial charge is 0.394 e. The van der Waals surface area contributed by atoms with E-state index in [4.69, 9.17) is 4.74 Å². The van der Waals surface area contributed by atoms with Gasteiger partial charge < -0.3 is 14.7 Å². The molecule has 1 aliphatic rings. The van der Waals surface area contributed by atoms with E-state index in [9.17, 15) is 9.90 Å². The van der Waals surface area contributed by atoms with Crippen molar-refractivity contribution in [2.75, 3.05) is 19.7 Å². The minimum atomic E-state index is -0.451. The topological polar surface area (TPSA) is 49.8 Å². The standard InChI is InChI=1S/C15H21NO3S/c1-10-4-5-12(20)6-13(10)14(18)16-7-11(8-17)19-15(2,3)9-16/h4-6,11,17,20H,7-9H2,1-3H3. The molecular weight excluding hydrogens is 274 g/mol. The molecule has 1 saturated heterocycles. The number of carbonyl (C=O) groups excluding carboxylic acids is 1. The Bertz CT molecular complexity index is 516. The number of aryl methyl sites for hydroxylation is 1. The van der Waals surface area contributed by atoms with Gasteiger partial charge in [-0.2, -0.15) is 0 Å². The first-order valence-electron chi connectivity index (χ1n) is 6.70. The summed E-state index contributed by atoms with van der Waals surface area (Å²) >= 11 is 4.29. The number of hydrogen-bond acceptors (Lipinski definition) is 4. The molecule has 2 rings (SSSR count). The summed E-state index contributed by atoms with van der Waals surface area (Å²) in [5, 5.41) is 9.32. The smallest absolute Gasteiger partial charge is 0.254 e. The van der Waals surface area contributed by atoms with Crippen molar-refractivity contribution >= 4 is 18.5 Å². The summed E-state index contributed by atoms with van der Waals surface area (Å²) < 4.78 is 5.73. The monoisotopic (exact) mass is 295 g/mol. The summed E-state index contributed by atoms with van der Waals surface area (Å²) in [5.41, 5.74) is 1.14. The lowest BCUT2D eigenvalue weighted by Crippen LogP contribution is -2.55. The van der Waals surface area contributed by atoms with Crippen molar-refractivity contribution in [2.45, 2.75) is 37.4 Å². The maximum Gasteiger partial charge on any atom is 0.254 e. The first-order valence-corrected chi connectivity index (χ1v) is 7.15. The van der Waals surface area contributed by atoms with Gasteiger partial charge in [0.25, 0.3) is 5.91 Å². The van der Waals surface area contributed by atoms with Crippen molar-refractivity contribution < 1.29 is 14.6 Å². The maximum atomic E-state index is 12.7. The van der Waals surface area contributed by atoms with E-state index in [1.54, 1.807) is 11.0 Å². The molecule has 0 saturated carbocycles. The van der Waals surface area contributed by atoms with Crippen LogP contribution in [0.4, 0.5) is 0 Å². The Kier molecular flexibility index (Phi) is 4.42. The van der Waals surface area contributed by atoms with Crippen LogP contribution < -0.4 is 0 Å². The van der Waals surface area contributed by atoms with Gasteiger partial charge in [-0.3, -0.25) is 4.79 Å². The lowest BCUT2D eigenvalue weighted by molar-refractivity contribution is -0.139. The average Bonchev–Trinajstić information content (AvgIpc) is 2.38. The van der Waals surface area contributed by atoms with Crippen LogP contribution in [-0.4, -0.2) is 47.3 Å². The summed E-state index contributed by atoms with van der Waals surface area (Å²) in [6.45, 7) is 6.61. The van der Waals surface area contributed by atoms with Crippen molar-refractivity contribution in [1.82, 2.24) is 4.90 Å². The number of thiol groups is 1. The molecule has 110 valence electrons. The highest BCUT2D eigenvalue weighted by Gasteiger charge is 2.35. The molecule has 1 aromatic rings. The Morgan fingerprint density at radius 2 is 2.25 bits per heavy atom. The molecule has 1 unspecified atom stereocenters. The fourth-order valence-electron chi connectivity index (χ4n) is 2.56. The van der Waals surface area contributed by atoms with Crippen LogP contribution in [0.1, 0.15) is 29.8 Å². The fourth-order valence-corrected chi connectivity index (χ4v) is 2.76. The lowest BCUT2D eigenvalue weighted by atomic mass is 10.0. The zero-order valence-electron chi connectivity index (χ0n) is 12.1. The Hall–Kier alpha value is -1.04. The van der Waals surface area contributed by atoms with Gasteiger partial charge in [0.15, 0.2) is 0 Å². The van der Waals surface area contributed by atoms with Crippen molar-refractivity contribution in [3.8, 4) is 0 Å². The van der Waals surface area contributed by atoms with Crippen LogP contribution in [0.2, 0.25) is 0 Å². The van der Waals surface area contributed by atoms with Crippen molar-refractivity contribution in [3.05, 3.63) is 29.3 Å². The molecule has 1 aliphatic heterocycles. The van der Waals surface area contributed by atoms with Crippen molar-refractivity contribution in [2.24, 2.45) is 0 Å². The Labute approximate surface area is 125 Å². The van der Waals surface area contributed by atoms with E-state index in [0.29, 0.717) is 18.7 Å². The molecule has 1 heterocycles. The molecule has 4 nitrogen and oxygen atoms in total. The van der Waals surface area contributed by atoms with Crippen LogP contribution in [0.3, 0.4) is 0 Å². The fraction of sp³-hybridized carbons (Fsp3) is 0.533. The number of ether oxygens (including phenoxy) is 1. The second kappa shape index (κ2) is 5.76. The van der Waals surface area contributed by atoms with Crippen LogP contribution in [-0.2, 0) is 4.74 Å². The first kappa shape index (κ1) is 15.4. The minimum Gasteiger partial charge on any atom is -0.394 e. The van der Waals surface area contributed by atoms with Gasteiger partial charge in [0, 0.05) is 23.5 Å². The van der Waals surface area contributed by atoms with Crippen molar-refractivity contribution in [3.63, 3.8) is 0 Å². The predicted molar refractivity (Wildman–Crippen MR) is 80.4 cm³/mol. The quantitative estimate of drug-likeness (QED) is 0.819. The van der Waals surface area contributed by atoms with Gasteiger partial charge in [-0.05, 0) is 38.5 Å². The zero-order valence-corrected chi connectivity index (χ0v) is 13.0. The number of morpholine rings is 1. The van der Waals surface area contributed by atoms with Crippen LogP contribution in [0, 0.1) is 6.92 Å². The molecule has 0 aliphatic carbocycles. The highest BCUT2D eigenvalue weighted by molar-refractivity contribution is 7.80. The Morgan fingerprint density at radius 1 is 1.55 bits per heavy atom. The van der Waals surface area contributed by atoms with E-state index in [1.165, 1.54) is 0 Å². The lowest BCUT2D eigenvalue weighted by Gasteiger charge is -2.42. The molecule has 1 aromatic carbocycles. The molecule has 0 radical (unpaired) electrons. The van der Waals surface area contributed by atoms with Gasteiger partial charge in [-0.15, -0.1) is 12.6 Å². The molecule has 1 fully saturated rings. The number of benzene rings is 1.